The molecule has 6 nitrogen and oxygen atoms in total. The van der Waals surface area contributed by atoms with Crippen LogP contribution in [-0.2, 0) is 9.47 Å². The molecule has 0 spiro atoms. The van der Waals surface area contributed by atoms with Crippen molar-refractivity contribution < 1.29 is 14.2 Å². The summed E-state index contributed by atoms with van der Waals surface area (Å²) in [5.74, 6) is 2.39. The molecular weight excluding hydrogens is 433 g/mol. The normalized spacial score (nSPS) is 23.3. The Bertz CT molecular complexity index is 568. The third-order valence-electron chi connectivity index (χ3n) is 4.59. The van der Waals surface area contributed by atoms with E-state index in [1.54, 1.807) is 7.11 Å². The van der Waals surface area contributed by atoms with Crippen molar-refractivity contribution in [3.05, 3.63) is 29.8 Å². The van der Waals surface area contributed by atoms with Crippen LogP contribution in [0.3, 0.4) is 0 Å². The predicted octanol–water partition coefficient (Wildman–Crippen LogP) is 2.09. The number of benzene rings is 1. The second-order valence-electron chi connectivity index (χ2n) is 6.19. The summed E-state index contributed by atoms with van der Waals surface area (Å²) >= 11 is 0. The smallest absolute Gasteiger partial charge is 0.193 e. The number of morpholine rings is 1. The Morgan fingerprint density at radius 2 is 2.20 bits per heavy atom. The van der Waals surface area contributed by atoms with Crippen molar-refractivity contribution in [1.29, 1.82) is 0 Å². The van der Waals surface area contributed by atoms with Crippen LogP contribution < -0.4 is 10.1 Å². The second-order valence-corrected chi connectivity index (χ2v) is 6.19. The van der Waals surface area contributed by atoms with E-state index < -0.39 is 0 Å². The van der Waals surface area contributed by atoms with Crippen molar-refractivity contribution in [2.75, 3.05) is 53.6 Å². The molecule has 1 fully saturated rings. The third-order valence-corrected chi connectivity index (χ3v) is 4.59. The van der Waals surface area contributed by atoms with E-state index in [4.69, 9.17) is 14.2 Å². The lowest BCUT2D eigenvalue weighted by Crippen LogP contribution is -2.52. The van der Waals surface area contributed by atoms with Crippen LogP contribution in [0.15, 0.2) is 29.3 Å². The second kappa shape index (κ2) is 10.2. The molecule has 140 valence electrons. The summed E-state index contributed by atoms with van der Waals surface area (Å²) in [5.41, 5.74) is 1.28. The molecule has 2 aliphatic rings. The molecule has 2 heterocycles. The van der Waals surface area contributed by atoms with E-state index in [2.05, 4.69) is 27.3 Å². The van der Waals surface area contributed by atoms with Gasteiger partial charge in [-0.1, -0.05) is 18.2 Å². The maximum absolute atomic E-state index is 5.75. The first-order valence-corrected chi connectivity index (χ1v) is 8.59. The molecule has 0 saturated carbocycles. The molecule has 0 aromatic heterocycles. The Kier molecular flexibility index (Phi) is 8.25. The van der Waals surface area contributed by atoms with Gasteiger partial charge < -0.3 is 24.4 Å². The highest BCUT2D eigenvalue weighted by molar-refractivity contribution is 14.0. The molecule has 1 saturated heterocycles. The molecule has 0 bridgehead atoms. The van der Waals surface area contributed by atoms with E-state index in [1.165, 1.54) is 5.56 Å². The number of ether oxygens (including phenoxy) is 3. The van der Waals surface area contributed by atoms with E-state index >= 15 is 0 Å². The highest BCUT2D eigenvalue weighted by atomic mass is 127. The van der Waals surface area contributed by atoms with E-state index in [9.17, 15) is 0 Å². The molecule has 2 unspecified atom stereocenters. The van der Waals surface area contributed by atoms with Crippen LogP contribution in [-0.4, -0.2) is 70.6 Å². The quantitative estimate of drug-likeness (QED) is 0.423. The highest BCUT2D eigenvalue weighted by Gasteiger charge is 2.25. The summed E-state index contributed by atoms with van der Waals surface area (Å²) in [5, 5.41) is 3.54. The summed E-state index contributed by atoms with van der Waals surface area (Å²) in [7, 11) is 3.54. The van der Waals surface area contributed by atoms with Gasteiger partial charge in [-0.05, 0) is 18.1 Å². The van der Waals surface area contributed by atoms with Gasteiger partial charge in [0, 0.05) is 39.7 Å². The molecule has 25 heavy (non-hydrogen) atoms. The molecule has 1 aromatic rings. The minimum absolute atomic E-state index is 0. The molecule has 3 rings (SSSR count). The predicted molar refractivity (Wildman–Crippen MR) is 109 cm³/mol. The fourth-order valence-corrected chi connectivity index (χ4v) is 3.37. The largest absolute Gasteiger partial charge is 0.493 e. The van der Waals surface area contributed by atoms with Gasteiger partial charge in [0.05, 0.1) is 25.9 Å². The van der Waals surface area contributed by atoms with Crippen LogP contribution in [0.2, 0.25) is 0 Å². The number of hydrogen-bond acceptors (Lipinski definition) is 4. The summed E-state index contributed by atoms with van der Waals surface area (Å²) < 4.78 is 16.7. The van der Waals surface area contributed by atoms with E-state index in [0.717, 1.165) is 44.4 Å². The fraction of sp³-hybridized carbons (Fsp3) is 0.611. The first-order chi connectivity index (χ1) is 11.8. The van der Waals surface area contributed by atoms with Crippen LogP contribution >= 0.6 is 24.0 Å². The summed E-state index contributed by atoms with van der Waals surface area (Å²) in [6.07, 6.45) is 1.13. The van der Waals surface area contributed by atoms with Gasteiger partial charge in [0.2, 0.25) is 0 Å². The van der Waals surface area contributed by atoms with Gasteiger partial charge in [0.15, 0.2) is 5.96 Å². The molecule has 2 atom stereocenters. The van der Waals surface area contributed by atoms with E-state index in [1.807, 2.05) is 19.2 Å². The average Bonchev–Trinajstić information content (AvgIpc) is 2.63. The van der Waals surface area contributed by atoms with Crippen LogP contribution in [0.25, 0.3) is 0 Å². The molecular formula is C18H28IN3O3. The molecule has 1 N–H and O–H groups in total. The third kappa shape index (κ3) is 5.21. The lowest BCUT2D eigenvalue weighted by Gasteiger charge is -2.35. The Labute approximate surface area is 166 Å². The van der Waals surface area contributed by atoms with Crippen LogP contribution in [0.5, 0.6) is 5.75 Å². The van der Waals surface area contributed by atoms with Gasteiger partial charge >= 0.3 is 0 Å². The molecule has 0 aliphatic carbocycles. The minimum atomic E-state index is 0. The first kappa shape index (κ1) is 20.3. The summed E-state index contributed by atoms with van der Waals surface area (Å²) in [4.78, 5) is 6.70. The first-order valence-electron chi connectivity index (χ1n) is 8.59. The molecule has 0 radical (unpaired) electrons. The Balaban J connectivity index is 0.00000225. The van der Waals surface area contributed by atoms with E-state index in [0.29, 0.717) is 19.1 Å². The maximum Gasteiger partial charge on any atom is 0.193 e. The number of hydrogen-bond donors (Lipinski definition) is 1. The summed E-state index contributed by atoms with van der Waals surface area (Å²) in [6, 6.07) is 8.31. The topological polar surface area (TPSA) is 55.3 Å². The SMILES string of the molecule is CN=C(NCC1CCOc2ccccc21)N1CCOC(COC)C1.I. The van der Waals surface area contributed by atoms with Crippen molar-refractivity contribution in [2.45, 2.75) is 18.4 Å². The zero-order chi connectivity index (χ0) is 16.8. The standard InChI is InChI=1S/C18H27N3O3.HI/c1-19-18(21-8-10-23-15(12-21)13-22-2)20-11-14-7-9-24-17-6-4-3-5-16(14)17;/h3-6,14-15H,7-13H2,1-2H3,(H,19,20);1H. The lowest BCUT2D eigenvalue weighted by molar-refractivity contribution is -0.0447. The number of guanidine groups is 1. The molecule has 1 aromatic carbocycles. The zero-order valence-corrected chi connectivity index (χ0v) is 17.3. The number of para-hydroxylation sites is 1. The Hall–Kier alpha value is -1.06. The van der Waals surface area contributed by atoms with Crippen molar-refractivity contribution in [3.8, 4) is 5.75 Å². The molecule has 2 aliphatic heterocycles. The van der Waals surface area contributed by atoms with Gasteiger partial charge in [0.25, 0.3) is 0 Å². The number of rotatable bonds is 4. The summed E-state index contributed by atoms with van der Waals surface area (Å²) in [6.45, 7) is 4.60. The van der Waals surface area contributed by atoms with Gasteiger partial charge in [-0.2, -0.15) is 0 Å². The number of fused-ring (bicyclic) bond motifs is 1. The van der Waals surface area contributed by atoms with Gasteiger partial charge in [-0.25, -0.2) is 0 Å². The van der Waals surface area contributed by atoms with Crippen molar-refractivity contribution in [1.82, 2.24) is 10.2 Å². The lowest BCUT2D eigenvalue weighted by atomic mass is 9.93. The minimum Gasteiger partial charge on any atom is -0.493 e. The number of aliphatic imine (C=N–C) groups is 1. The fourth-order valence-electron chi connectivity index (χ4n) is 3.37. The van der Waals surface area contributed by atoms with Crippen LogP contribution in [0.1, 0.15) is 17.9 Å². The number of nitrogens with one attached hydrogen (secondary N) is 1. The van der Waals surface area contributed by atoms with Gasteiger partial charge in [-0.3, -0.25) is 4.99 Å². The van der Waals surface area contributed by atoms with Crippen molar-refractivity contribution in [3.63, 3.8) is 0 Å². The maximum atomic E-state index is 5.75. The Morgan fingerprint density at radius 1 is 1.36 bits per heavy atom. The average molecular weight is 461 g/mol. The number of methoxy groups -OCH3 is 1. The molecule has 0 amide bonds. The Morgan fingerprint density at radius 3 is 3.00 bits per heavy atom. The van der Waals surface area contributed by atoms with Crippen LogP contribution in [0.4, 0.5) is 0 Å². The van der Waals surface area contributed by atoms with Gasteiger partial charge in [-0.15, -0.1) is 24.0 Å². The van der Waals surface area contributed by atoms with Crippen molar-refractivity contribution in [2.24, 2.45) is 4.99 Å². The van der Waals surface area contributed by atoms with Crippen molar-refractivity contribution >= 4 is 29.9 Å². The number of halogens is 1. The number of nitrogens with zero attached hydrogens (tertiary/aromatic N) is 2. The van der Waals surface area contributed by atoms with Gasteiger partial charge in [0.1, 0.15) is 5.75 Å². The zero-order valence-electron chi connectivity index (χ0n) is 14.9. The monoisotopic (exact) mass is 461 g/mol. The molecule has 7 heteroatoms. The van der Waals surface area contributed by atoms with Crippen LogP contribution in [0, 0.1) is 0 Å². The van der Waals surface area contributed by atoms with E-state index in [-0.39, 0.29) is 30.1 Å². The highest BCUT2D eigenvalue weighted by Crippen LogP contribution is 2.32.